The van der Waals surface area contributed by atoms with Gasteiger partial charge in [-0.1, -0.05) is 4.13 Å². The first-order valence-corrected chi connectivity index (χ1v) is 8.38. The molecule has 0 aliphatic heterocycles. The van der Waals surface area contributed by atoms with E-state index in [9.17, 15) is 56.3 Å². The number of rotatable bonds is 3. The average Bonchev–Trinajstić information content (AvgIpc) is 2.33. The third-order valence-electron chi connectivity index (χ3n) is 2.40. The number of sulfonamides is 2. The predicted molar refractivity (Wildman–Crippen MR) is 61.7 cm³/mol. The van der Waals surface area contributed by atoms with Crippen LogP contribution < -0.4 is 4.13 Å². The van der Waals surface area contributed by atoms with E-state index in [0.717, 1.165) is 0 Å². The van der Waals surface area contributed by atoms with E-state index >= 15 is 0 Å². The van der Waals surface area contributed by atoms with Gasteiger partial charge in [0.1, 0.15) is 0 Å². The predicted octanol–water partition coefficient (Wildman–Crippen LogP) is 2.85. The molecule has 144 valence electrons. The van der Waals surface area contributed by atoms with Crippen LogP contribution in [0.25, 0.3) is 0 Å². The molecule has 5 nitrogen and oxygen atoms in total. The number of hydrogen-bond acceptors (Lipinski definition) is 4. The fourth-order valence-electron chi connectivity index (χ4n) is 1.32. The highest BCUT2D eigenvalue weighted by atomic mass is 32.3. The summed E-state index contributed by atoms with van der Waals surface area (Å²) in [7, 11) is -12.5. The smallest absolute Gasteiger partial charge is 0.206 e. The summed E-state index contributed by atoms with van der Waals surface area (Å²) in [5, 5.41) is 0. The summed E-state index contributed by atoms with van der Waals surface area (Å²) >= 11 is 0. The van der Waals surface area contributed by atoms with Gasteiger partial charge in [-0.3, -0.25) is 0 Å². The van der Waals surface area contributed by atoms with Crippen molar-refractivity contribution in [3.63, 3.8) is 0 Å². The molecule has 1 rings (SSSR count). The van der Waals surface area contributed by atoms with Crippen LogP contribution in [0, 0.1) is 0 Å². The fourth-order valence-corrected chi connectivity index (χ4v) is 3.80. The van der Waals surface area contributed by atoms with Crippen LogP contribution >= 0.6 is 0 Å². The van der Waals surface area contributed by atoms with Crippen LogP contribution in [-0.2, 0) is 32.4 Å². The Morgan fingerprint density at radius 2 is 1.04 bits per heavy atom. The van der Waals surface area contributed by atoms with Gasteiger partial charge in [-0.2, -0.15) is 39.5 Å². The SMILES string of the molecule is O=S(=O)(NS(=O)(=O)C(F)(F)F)c1cc(C(F)(F)F)cc(C(F)(F)F)c1. The molecule has 0 spiro atoms. The molecular formula is C9H4F9NO4S2. The van der Waals surface area contributed by atoms with E-state index < -0.39 is 72.1 Å². The van der Waals surface area contributed by atoms with Crippen molar-refractivity contribution in [3.8, 4) is 0 Å². The van der Waals surface area contributed by atoms with Gasteiger partial charge in [-0.25, -0.2) is 16.8 Å². The third-order valence-corrected chi connectivity index (χ3v) is 5.62. The Morgan fingerprint density at radius 1 is 0.680 bits per heavy atom. The quantitative estimate of drug-likeness (QED) is 0.756. The lowest BCUT2D eigenvalue weighted by Crippen LogP contribution is -2.40. The molecule has 0 aromatic heterocycles. The molecule has 0 heterocycles. The Bertz CT molecular complexity index is 834. The standard InChI is InChI=1S/C9H4F9NO4S2/c10-7(11,12)4-1-5(8(13,14)15)3-6(2-4)24(20,21)19-25(22,23)9(16,17)18/h1-3,19H. The Kier molecular flexibility index (Phi) is 5.17. The highest BCUT2D eigenvalue weighted by Gasteiger charge is 2.49. The van der Waals surface area contributed by atoms with Crippen LogP contribution in [0.5, 0.6) is 0 Å². The summed E-state index contributed by atoms with van der Waals surface area (Å²) in [6.07, 6.45) is -11.0. The molecule has 25 heavy (non-hydrogen) atoms. The minimum absolute atomic E-state index is 0.0309. The Morgan fingerprint density at radius 3 is 1.32 bits per heavy atom. The zero-order valence-corrected chi connectivity index (χ0v) is 12.7. The molecule has 0 bridgehead atoms. The van der Waals surface area contributed by atoms with Gasteiger partial charge in [-0.05, 0) is 18.2 Å². The molecule has 0 aliphatic carbocycles. The van der Waals surface area contributed by atoms with E-state index in [1.54, 1.807) is 0 Å². The number of alkyl halides is 9. The Balaban J connectivity index is 3.61. The first-order valence-electron chi connectivity index (χ1n) is 5.42. The van der Waals surface area contributed by atoms with Crippen LogP contribution in [0.2, 0.25) is 0 Å². The van der Waals surface area contributed by atoms with Crippen LogP contribution in [0.4, 0.5) is 39.5 Å². The van der Waals surface area contributed by atoms with Crippen molar-refractivity contribution >= 4 is 20.0 Å². The zero-order chi connectivity index (χ0) is 20.1. The van der Waals surface area contributed by atoms with Crippen molar-refractivity contribution in [1.29, 1.82) is 0 Å². The van der Waals surface area contributed by atoms with Crippen LogP contribution in [0.1, 0.15) is 11.1 Å². The number of hydrogen-bond donors (Lipinski definition) is 1. The summed E-state index contributed by atoms with van der Waals surface area (Å²) in [5.74, 6) is 0. The molecule has 1 aromatic carbocycles. The van der Waals surface area contributed by atoms with Gasteiger partial charge in [0.05, 0.1) is 16.0 Å². The summed E-state index contributed by atoms with van der Waals surface area (Å²) in [6.45, 7) is 0. The van der Waals surface area contributed by atoms with Gasteiger partial charge in [-0.15, -0.1) is 0 Å². The van der Waals surface area contributed by atoms with Crippen molar-refractivity contribution in [2.75, 3.05) is 0 Å². The molecule has 0 amide bonds. The largest absolute Gasteiger partial charge is 0.512 e. The first-order chi connectivity index (χ1) is 10.8. The molecule has 0 fully saturated rings. The van der Waals surface area contributed by atoms with Crippen molar-refractivity contribution in [2.24, 2.45) is 0 Å². The van der Waals surface area contributed by atoms with Gasteiger partial charge >= 0.3 is 27.9 Å². The Labute approximate surface area is 133 Å². The van der Waals surface area contributed by atoms with Crippen molar-refractivity contribution in [1.82, 2.24) is 4.13 Å². The van der Waals surface area contributed by atoms with E-state index in [1.165, 1.54) is 0 Å². The lowest BCUT2D eigenvalue weighted by Gasteiger charge is -2.15. The summed E-state index contributed by atoms with van der Waals surface area (Å²) in [4.78, 5) is -1.97. The molecule has 16 heteroatoms. The fraction of sp³-hybridized carbons (Fsp3) is 0.333. The van der Waals surface area contributed by atoms with Crippen LogP contribution in [0.3, 0.4) is 0 Å². The lowest BCUT2D eigenvalue weighted by atomic mass is 10.1. The minimum Gasteiger partial charge on any atom is -0.206 e. The second kappa shape index (κ2) is 6.01. The van der Waals surface area contributed by atoms with Gasteiger partial charge in [0.25, 0.3) is 10.0 Å². The number of benzene rings is 1. The second-order valence-electron chi connectivity index (χ2n) is 4.28. The van der Waals surface area contributed by atoms with Gasteiger partial charge in [0, 0.05) is 0 Å². The zero-order valence-electron chi connectivity index (χ0n) is 11.1. The number of halogens is 9. The monoisotopic (exact) mass is 425 g/mol. The highest BCUT2D eigenvalue weighted by molar-refractivity contribution is 8.05. The van der Waals surface area contributed by atoms with Crippen LogP contribution in [0.15, 0.2) is 23.1 Å². The second-order valence-corrected chi connectivity index (χ2v) is 7.89. The molecule has 0 saturated carbocycles. The van der Waals surface area contributed by atoms with Gasteiger partial charge in [0.15, 0.2) is 0 Å². The van der Waals surface area contributed by atoms with E-state index in [0.29, 0.717) is 0 Å². The lowest BCUT2D eigenvalue weighted by molar-refractivity contribution is -0.143. The van der Waals surface area contributed by atoms with E-state index in [4.69, 9.17) is 0 Å². The topological polar surface area (TPSA) is 80.3 Å². The van der Waals surface area contributed by atoms with E-state index in [1.807, 2.05) is 0 Å². The molecule has 0 aliphatic rings. The molecule has 0 atom stereocenters. The molecule has 1 aromatic rings. The van der Waals surface area contributed by atoms with E-state index in [-0.39, 0.29) is 4.13 Å². The van der Waals surface area contributed by atoms with Crippen molar-refractivity contribution < 1.29 is 56.3 Å². The van der Waals surface area contributed by atoms with Crippen molar-refractivity contribution in [2.45, 2.75) is 22.8 Å². The number of nitrogens with one attached hydrogen (secondary N) is 1. The molecule has 1 N–H and O–H groups in total. The maximum Gasteiger partial charge on any atom is 0.512 e. The molecule has 0 unspecified atom stereocenters. The normalized spacial score (nSPS) is 14.6. The van der Waals surface area contributed by atoms with Crippen molar-refractivity contribution in [3.05, 3.63) is 29.3 Å². The summed E-state index contributed by atoms with van der Waals surface area (Å²) in [6, 6.07) is -1.37. The molecular weight excluding hydrogens is 421 g/mol. The Hall–Kier alpha value is -1.55. The first kappa shape index (κ1) is 21.5. The summed E-state index contributed by atoms with van der Waals surface area (Å²) < 4.78 is 156. The molecule has 0 radical (unpaired) electrons. The van der Waals surface area contributed by atoms with E-state index in [2.05, 4.69) is 0 Å². The summed E-state index contributed by atoms with van der Waals surface area (Å²) in [5.41, 5.74) is -10.5. The van der Waals surface area contributed by atoms with Gasteiger partial charge < -0.3 is 0 Å². The maximum atomic E-state index is 12.6. The molecule has 0 saturated heterocycles. The highest BCUT2D eigenvalue weighted by Crippen LogP contribution is 2.37. The third kappa shape index (κ3) is 4.97. The van der Waals surface area contributed by atoms with Gasteiger partial charge in [0.2, 0.25) is 0 Å². The average molecular weight is 425 g/mol. The minimum atomic E-state index is -6.60. The maximum absolute atomic E-state index is 12.6. The van der Waals surface area contributed by atoms with Crippen LogP contribution in [-0.4, -0.2) is 22.3 Å².